The van der Waals surface area contributed by atoms with Crippen LogP contribution in [0.4, 0.5) is 10.6 Å². The first kappa shape index (κ1) is 17.2. The van der Waals surface area contributed by atoms with Crippen molar-refractivity contribution < 1.29 is 9.32 Å². The van der Waals surface area contributed by atoms with Crippen LogP contribution in [-0.4, -0.2) is 37.0 Å². The fourth-order valence-electron chi connectivity index (χ4n) is 2.22. The van der Waals surface area contributed by atoms with E-state index in [1.807, 2.05) is 0 Å². The topological polar surface area (TPSA) is 97.0 Å². The zero-order valence-corrected chi connectivity index (χ0v) is 14.6. The van der Waals surface area contributed by atoms with Crippen LogP contribution >= 0.6 is 12.8 Å². The number of unbranched alkanes of at least 4 members (excludes halogenated alkanes) is 2. The third-order valence-corrected chi connectivity index (χ3v) is 3.96. The predicted molar refractivity (Wildman–Crippen MR) is 97.1 cm³/mol. The number of anilines is 1. The highest BCUT2D eigenvalue weighted by molar-refractivity contribution is 7.78. The summed E-state index contributed by atoms with van der Waals surface area (Å²) in [5.41, 5.74) is 2.36. The van der Waals surface area contributed by atoms with Crippen LogP contribution < -0.4 is 5.32 Å². The van der Waals surface area contributed by atoms with Gasteiger partial charge in [-0.25, -0.2) is 14.8 Å². The summed E-state index contributed by atoms with van der Waals surface area (Å²) in [5.74, 6) is 0.392. The van der Waals surface area contributed by atoms with Gasteiger partial charge in [0.05, 0.1) is 23.7 Å². The van der Waals surface area contributed by atoms with E-state index < -0.39 is 0 Å². The second-order valence-electron chi connectivity index (χ2n) is 5.47. The Labute approximate surface area is 150 Å². The van der Waals surface area contributed by atoms with Crippen LogP contribution in [0.5, 0.6) is 0 Å². The molecule has 0 atom stereocenters. The van der Waals surface area contributed by atoms with Crippen LogP contribution in [0.2, 0.25) is 0 Å². The summed E-state index contributed by atoms with van der Waals surface area (Å²) >= 11 is 4.21. The molecule has 3 aromatic rings. The molecular formula is C16H18N6O2S. The molecule has 25 heavy (non-hydrogen) atoms. The van der Waals surface area contributed by atoms with Gasteiger partial charge in [0, 0.05) is 6.54 Å². The smallest absolute Gasteiger partial charge is 0.332 e. The van der Waals surface area contributed by atoms with Crippen LogP contribution in [0.15, 0.2) is 35.3 Å². The third-order valence-electron chi connectivity index (χ3n) is 3.58. The number of thiol groups is 1. The molecule has 3 rings (SSSR count). The third kappa shape index (κ3) is 4.24. The van der Waals surface area contributed by atoms with Gasteiger partial charge in [0.25, 0.3) is 0 Å². The minimum absolute atomic E-state index is 0.325. The minimum atomic E-state index is -0.325. The second kappa shape index (κ2) is 7.93. The molecule has 0 aromatic carbocycles. The van der Waals surface area contributed by atoms with E-state index in [1.54, 1.807) is 24.5 Å². The average Bonchev–Trinajstić information content (AvgIpc) is 3.16. The molecular weight excluding hydrogens is 340 g/mol. The zero-order valence-electron chi connectivity index (χ0n) is 13.7. The number of carbonyl (C=O) groups excluding carboxylic acids is 1. The number of urea groups is 1. The number of fused-ring (bicyclic) bond motifs is 1. The molecule has 0 bridgehead atoms. The van der Waals surface area contributed by atoms with Crippen molar-refractivity contribution >= 4 is 35.8 Å². The average molecular weight is 358 g/mol. The monoisotopic (exact) mass is 358 g/mol. The van der Waals surface area contributed by atoms with E-state index in [4.69, 9.17) is 4.52 Å². The molecule has 9 heteroatoms. The maximum absolute atomic E-state index is 12.1. The zero-order chi connectivity index (χ0) is 17.6. The first-order chi connectivity index (χ1) is 12.2. The fraction of sp³-hybridized carbons (Fsp3) is 0.312. The summed E-state index contributed by atoms with van der Waals surface area (Å²) in [6.45, 7) is 2.69. The Kier molecular flexibility index (Phi) is 5.44. The Morgan fingerprint density at radius 1 is 1.28 bits per heavy atom. The normalized spacial score (nSPS) is 10.8. The van der Waals surface area contributed by atoms with Crippen molar-refractivity contribution in [2.75, 3.05) is 11.9 Å². The van der Waals surface area contributed by atoms with E-state index in [9.17, 15) is 4.79 Å². The number of aromatic nitrogens is 4. The number of nitrogens with one attached hydrogen (secondary N) is 1. The van der Waals surface area contributed by atoms with E-state index in [2.05, 4.69) is 45.2 Å². The SMILES string of the molecule is CCCCCN(S)C(=O)Nc1ccc2ncc(-c3cnoc3)nc2n1. The Morgan fingerprint density at radius 2 is 2.16 bits per heavy atom. The van der Waals surface area contributed by atoms with Crippen molar-refractivity contribution in [3.8, 4) is 11.3 Å². The summed E-state index contributed by atoms with van der Waals surface area (Å²) in [5, 5.41) is 6.37. The van der Waals surface area contributed by atoms with Crippen LogP contribution in [0.1, 0.15) is 26.2 Å². The number of pyridine rings is 1. The molecule has 0 saturated heterocycles. The molecule has 0 aliphatic rings. The molecule has 0 saturated carbocycles. The van der Waals surface area contributed by atoms with Gasteiger partial charge in [-0.1, -0.05) is 37.7 Å². The molecule has 2 amide bonds. The van der Waals surface area contributed by atoms with Gasteiger partial charge in [-0.2, -0.15) is 0 Å². The van der Waals surface area contributed by atoms with Gasteiger partial charge in [-0.05, 0) is 18.6 Å². The van der Waals surface area contributed by atoms with E-state index >= 15 is 0 Å². The summed E-state index contributed by atoms with van der Waals surface area (Å²) in [7, 11) is 0. The van der Waals surface area contributed by atoms with Crippen LogP contribution in [0, 0.1) is 0 Å². The first-order valence-corrected chi connectivity index (χ1v) is 8.38. The molecule has 8 nitrogen and oxygen atoms in total. The molecule has 0 spiro atoms. The molecule has 0 fully saturated rings. The Hall–Kier alpha value is -2.68. The highest BCUT2D eigenvalue weighted by Crippen LogP contribution is 2.19. The lowest BCUT2D eigenvalue weighted by atomic mass is 10.2. The summed E-state index contributed by atoms with van der Waals surface area (Å²) < 4.78 is 6.16. The van der Waals surface area contributed by atoms with E-state index in [0.29, 0.717) is 34.8 Å². The lowest BCUT2D eigenvalue weighted by Gasteiger charge is -2.15. The van der Waals surface area contributed by atoms with Crippen molar-refractivity contribution in [3.63, 3.8) is 0 Å². The summed E-state index contributed by atoms with van der Waals surface area (Å²) in [6, 6.07) is 3.11. The molecule has 0 unspecified atom stereocenters. The summed E-state index contributed by atoms with van der Waals surface area (Å²) in [4.78, 5) is 25.2. The molecule has 3 heterocycles. The molecule has 0 aliphatic carbocycles. The maximum atomic E-state index is 12.1. The van der Waals surface area contributed by atoms with Gasteiger partial charge < -0.3 is 4.52 Å². The lowest BCUT2D eigenvalue weighted by molar-refractivity contribution is 0.238. The van der Waals surface area contributed by atoms with Gasteiger partial charge >= 0.3 is 6.03 Å². The number of rotatable bonds is 6. The van der Waals surface area contributed by atoms with Gasteiger partial charge in [0.15, 0.2) is 5.65 Å². The highest BCUT2D eigenvalue weighted by Gasteiger charge is 2.12. The van der Waals surface area contributed by atoms with Crippen molar-refractivity contribution in [3.05, 3.63) is 30.8 Å². The van der Waals surface area contributed by atoms with Gasteiger partial charge in [-0.3, -0.25) is 14.6 Å². The maximum Gasteiger partial charge on any atom is 0.332 e. The number of carbonyl (C=O) groups is 1. The van der Waals surface area contributed by atoms with Crippen LogP contribution in [0.25, 0.3) is 22.4 Å². The Balaban J connectivity index is 1.75. The summed E-state index contributed by atoms with van der Waals surface area (Å²) in [6.07, 6.45) is 7.71. The standard InChI is InChI=1S/C16H18N6O2S/c1-2-3-4-7-22(25)16(23)21-14-6-5-12-15(20-14)19-13(9-17-12)11-8-18-24-10-11/h5-6,8-10,25H,2-4,7H2,1H3,(H,19,20,21,23). The largest absolute Gasteiger partial charge is 0.364 e. The van der Waals surface area contributed by atoms with Crippen molar-refractivity contribution in [1.82, 2.24) is 24.4 Å². The Bertz CT molecular complexity index is 855. The number of hydrogen-bond donors (Lipinski definition) is 2. The van der Waals surface area contributed by atoms with E-state index in [0.717, 1.165) is 19.3 Å². The number of hydrogen-bond acceptors (Lipinski definition) is 7. The second-order valence-corrected chi connectivity index (χ2v) is 5.95. The quantitative estimate of drug-likeness (QED) is 0.517. The molecule has 1 N–H and O–H groups in total. The van der Waals surface area contributed by atoms with Gasteiger partial charge in [0.2, 0.25) is 0 Å². The minimum Gasteiger partial charge on any atom is -0.364 e. The predicted octanol–water partition coefficient (Wildman–Crippen LogP) is 3.55. The fourth-order valence-corrected chi connectivity index (χ4v) is 2.42. The van der Waals surface area contributed by atoms with E-state index in [1.165, 1.54) is 10.6 Å². The van der Waals surface area contributed by atoms with Crippen molar-refractivity contribution in [2.24, 2.45) is 0 Å². The molecule has 0 aliphatic heterocycles. The molecule has 130 valence electrons. The van der Waals surface area contributed by atoms with Crippen molar-refractivity contribution in [2.45, 2.75) is 26.2 Å². The number of nitrogens with zero attached hydrogens (tertiary/aromatic N) is 5. The lowest BCUT2D eigenvalue weighted by Crippen LogP contribution is -2.28. The van der Waals surface area contributed by atoms with Crippen molar-refractivity contribution in [1.29, 1.82) is 0 Å². The van der Waals surface area contributed by atoms with Gasteiger partial charge in [-0.15, -0.1) is 0 Å². The van der Waals surface area contributed by atoms with E-state index in [-0.39, 0.29) is 6.03 Å². The number of amides is 2. The highest BCUT2D eigenvalue weighted by atomic mass is 32.1. The van der Waals surface area contributed by atoms with Gasteiger partial charge in [0.1, 0.15) is 17.6 Å². The first-order valence-electron chi connectivity index (χ1n) is 7.98. The van der Waals surface area contributed by atoms with Crippen LogP contribution in [0.3, 0.4) is 0 Å². The Morgan fingerprint density at radius 3 is 2.92 bits per heavy atom. The molecule has 0 radical (unpaired) electrons. The molecule has 3 aromatic heterocycles. The van der Waals surface area contributed by atoms with Crippen LogP contribution in [-0.2, 0) is 0 Å².